The van der Waals surface area contributed by atoms with Gasteiger partial charge in [0, 0.05) is 18.4 Å². The normalized spacial score (nSPS) is 11.7. The number of hydrogen-bond acceptors (Lipinski definition) is 4. The molecule has 102 valence electrons. The van der Waals surface area contributed by atoms with Crippen LogP contribution in [0.3, 0.4) is 0 Å². The number of nitrogens with zero attached hydrogens (tertiary/aromatic N) is 3. The Labute approximate surface area is 117 Å². The molecule has 0 atom stereocenters. The van der Waals surface area contributed by atoms with Crippen LogP contribution < -0.4 is 0 Å². The van der Waals surface area contributed by atoms with Crippen LogP contribution in [0.5, 0.6) is 0 Å². The number of halogens is 1. The molecule has 0 amide bonds. The zero-order valence-corrected chi connectivity index (χ0v) is 12.2. The van der Waals surface area contributed by atoms with E-state index >= 15 is 0 Å². The molecule has 0 aliphatic heterocycles. The van der Waals surface area contributed by atoms with Gasteiger partial charge in [-0.15, -0.1) is 21.8 Å². The van der Waals surface area contributed by atoms with Crippen LogP contribution >= 0.6 is 11.6 Å². The molecule has 0 fully saturated rings. The summed E-state index contributed by atoms with van der Waals surface area (Å²) in [6.07, 6.45) is 1.18. The van der Waals surface area contributed by atoms with Gasteiger partial charge in [-0.2, -0.15) is 0 Å². The summed E-state index contributed by atoms with van der Waals surface area (Å²) in [5.41, 5.74) is 0.716. The van der Waals surface area contributed by atoms with Crippen molar-refractivity contribution < 1.29 is 8.42 Å². The maximum absolute atomic E-state index is 11.6. The van der Waals surface area contributed by atoms with E-state index in [1.54, 1.807) is 18.2 Å². The highest BCUT2D eigenvalue weighted by Gasteiger charge is 2.14. The molecule has 7 heteroatoms. The van der Waals surface area contributed by atoms with Crippen LogP contribution in [-0.2, 0) is 22.3 Å². The molecule has 0 N–H and O–H groups in total. The van der Waals surface area contributed by atoms with Crippen molar-refractivity contribution in [2.45, 2.75) is 24.2 Å². The Bertz CT molecular complexity index is 695. The van der Waals surface area contributed by atoms with E-state index in [1.807, 2.05) is 17.6 Å². The summed E-state index contributed by atoms with van der Waals surface area (Å²) in [6, 6.07) is 6.67. The monoisotopic (exact) mass is 299 g/mol. The highest BCUT2D eigenvalue weighted by molar-refractivity contribution is 7.90. The maximum atomic E-state index is 11.6. The second-order valence-electron chi connectivity index (χ2n) is 4.12. The molecule has 0 spiro atoms. The van der Waals surface area contributed by atoms with Gasteiger partial charge in [-0.25, -0.2) is 8.42 Å². The molecule has 0 unspecified atom stereocenters. The zero-order chi connectivity index (χ0) is 14.0. The average molecular weight is 300 g/mol. The van der Waals surface area contributed by atoms with Crippen molar-refractivity contribution in [3.8, 4) is 11.4 Å². The molecule has 0 aliphatic carbocycles. The van der Waals surface area contributed by atoms with E-state index in [1.165, 1.54) is 6.26 Å². The Balaban J connectivity index is 2.57. The van der Waals surface area contributed by atoms with Crippen LogP contribution in [0.2, 0.25) is 0 Å². The molecule has 0 saturated carbocycles. The highest BCUT2D eigenvalue weighted by Crippen LogP contribution is 2.22. The van der Waals surface area contributed by atoms with Crippen molar-refractivity contribution in [3.05, 3.63) is 30.1 Å². The summed E-state index contributed by atoms with van der Waals surface area (Å²) >= 11 is 5.80. The SMILES string of the molecule is CCn1c(CCl)nnc1-c1cccc(S(C)(=O)=O)c1. The number of sulfone groups is 1. The molecule has 5 nitrogen and oxygen atoms in total. The molecule has 2 aromatic rings. The Morgan fingerprint density at radius 3 is 2.63 bits per heavy atom. The van der Waals surface area contributed by atoms with E-state index in [0.29, 0.717) is 23.8 Å². The summed E-state index contributed by atoms with van der Waals surface area (Å²) in [6.45, 7) is 2.64. The maximum Gasteiger partial charge on any atom is 0.175 e. The molecular weight excluding hydrogens is 286 g/mol. The van der Waals surface area contributed by atoms with Gasteiger partial charge < -0.3 is 4.57 Å². The Kier molecular flexibility index (Phi) is 3.91. The molecular formula is C12H14ClN3O2S. The summed E-state index contributed by atoms with van der Waals surface area (Å²) < 4.78 is 25.0. The first kappa shape index (κ1) is 14.0. The van der Waals surface area contributed by atoms with Gasteiger partial charge in [-0.1, -0.05) is 12.1 Å². The molecule has 0 aliphatic rings. The number of benzene rings is 1. The fourth-order valence-electron chi connectivity index (χ4n) is 1.85. The van der Waals surface area contributed by atoms with E-state index in [0.717, 1.165) is 0 Å². The summed E-state index contributed by atoms with van der Waals surface area (Å²) in [5.74, 6) is 1.57. The lowest BCUT2D eigenvalue weighted by Gasteiger charge is -2.07. The smallest absolute Gasteiger partial charge is 0.175 e. The fourth-order valence-corrected chi connectivity index (χ4v) is 2.71. The van der Waals surface area contributed by atoms with Crippen LogP contribution in [0.4, 0.5) is 0 Å². The van der Waals surface area contributed by atoms with Crippen molar-refractivity contribution >= 4 is 21.4 Å². The van der Waals surface area contributed by atoms with Crippen molar-refractivity contribution in [1.29, 1.82) is 0 Å². The van der Waals surface area contributed by atoms with Gasteiger partial charge in [0.1, 0.15) is 5.82 Å². The molecule has 1 aromatic heterocycles. The summed E-state index contributed by atoms with van der Waals surface area (Å²) in [5, 5.41) is 8.09. The number of alkyl halides is 1. The van der Waals surface area contributed by atoms with Gasteiger partial charge in [-0.3, -0.25) is 0 Å². The topological polar surface area (TPSA) is 64.8 Å². The molecule has 1 aromatic carbocycles. The van der Waals surface area contributed by atoms with Crippen molar-refractivity contribution in [2.75, 3.05) is 6.26 Å². The predicted octanol–water partition coefficient (Wildman–Crippen LogP) is 2.11. The second kappa shape index (κ2) is 5.30. The Morgan fingerprint density at radius 1 is 1.32 bits per heavy atom. The highest BCUT2D eigenvalue weighted by atomic mass is 35.5. The largest absolute Gasteiger partial charge is 0.310 e. The van der Waals surface area contributed by atoms with Gasteiger partial charge in [-0.05, 0) is 19.1 Å². The van der Waals surface area contributed by atoms with E-state index in [4.69, 9.17) is 11.6 Å². The van der Waals surface area contributed by atoms with Crippen LogP contribution in [0, 0.1) is 0 Å². The van der Waals surface area contributed by atoms with Crippen molar-refractivity contribution in [1.82, 2.24) is 14.8 Å². The molecule has 0 bridgehead atoms. The lowest BCUT2D eigenvalue weighted by molar-refractivity contribution is 0.602. The fraction of sp³-hybridized carbons (Fsp3) is 0.333. The summed E-state index contributed by atoms with van der Waals surface area (Å²) in [4.78, 5) is 0.267. The van der Waals surface area contributed by atoms with E-state index in [9.17, 15) is 8.42 Å². The van der Waals surface area contributed by atoms with Crippen LogP contribution in [-0.4, -0.2) is 29.4 Å². The van der Waals surface area contributed by atoms with Crippen LogP contribution in [0.1, 0.15) is 12.7 Å². The summed E-state index contributed by atoms with van der Waals surface area (Å²) in [7, 11) is -3.24. The molecule has 19 heavy (non-hydrogen) atoms. The third-order valence-electron chi connectivity index (χ3n) is 2.78. The first-order valence-corrected chi connectivity index (χ1v) is 8.18. The molecule has 2 rings (SSSR count). The molecule has 1 heterocycles. The standard InChI is InChI=1S/C12H14ClN3O2S/c1-3-16-11(8-13)14-15-12(16)9-5-4-6-10(7-9)19(2,17)18/h4-7H,3,8H2,1-2H3. The van der Waals surface area contributed by atoms with Gasteiger partial charge in [0.2, 0.25) is 0 Å². The minimum Gasteiger partial charge on any atom is -0.310 e. The second-order valence-corrected chi connectivity index (χ2v) is 6.40. The first-order valence-electron chi connectivity index (χ1n) is 5.76. The van der Waals surface area contributed by atoms with Crippen LogP contribution in [0.25, 0.3) is 11.4 Å². The minimum atomic E-state index is -3.24. The Hall–Kier alpha value is -1.40. The Morgan fingerprint density at radius 2 is 2.05 bits per heavy atom. The average Bonchev–Trinajstić information content (AvgIpc) is 2.80. The minimum absolute atomic E-state index is 0.267. The lowest BCUT2D eigenvalue weighted by Crippen LogP contribution is -2.03. The van der Waals surface area contributed by atoms with E-state index in [-0.39, 0.29) is 10.8 Å². The van der Waals surface area contributed by atoms with Crippen molar-refractivity contribution in [2.24, 2.45) is 0 Å². The molecule has 0 saturated heterocycles. The van der Waals surface area contributed by atoms with Gasteiger partial charge >= 0.3 is 0 Å². The van der Waals surface area contributed by atoms with Gasteiger partial charge in [0.15, 0.2) is 15.7 Å². The number of rotatable bonds is 4. The molecule has 0 radical (unpaired) electrons. The van der Waals surface area contributed by atoms with Crippen LogP contribution in [0.15, 0.2) is 29.2 Å². The predicted molar refractivity (Wildman–Crippen MR) is 73.8 cm³/mol. The van der Waals surface area contributed by atoms with Gasteiger partial charge in [0.05, 0.1) is 10.8 Å². The third-order valence-corrected chi connectivity index (χ3v) is 4.13. The quantitative estimate of drug-likeness (QED) is 0.811. The number of aromatic nitrogens is 3. The lowest BCUT2D eigenvalue weighted by atomic mass is 10.2. The van der Waals surface area contributed by atoms with E-state index in [2.05, 4.69) is 10.2 Å². The number of hydrogen-bond donors (Lipinski definition) is 0. The van der Waals surface area contributed by atoms with Gasteiger partial charge in [0.25, 0.3) is 0 Å². The van der Waals surface area contributed by atoms with E-state index < -0.39 is 9.84 Å². The third kappa shape index (κ3) is 2.79. The van der Waals surface area contributed by atoms with Crippen molar-refractivity contribution in [3.63, 3.8) is 0 Å². The first-order chi connectivity index (χ1) is 8.97. The zero-order valence-electron chi connectivity index (χ0n) is 10.7.